The molecule has 1 heterocycles. The largest absolute Gasteiger partial charge is 0.508 e. The summed E-state index contributed by atoms with van der Waals surface area (Å²) in [7, 11) is 0. The van der Waals surface area contributed by atoms with Gasteiger partial charge in [-0.05, 0) is 45.6 Å². The van der Waals surface area contributed by atoms with Crippen LogP contribution in [0.2, 0.25) is 0 Å². The Labute approximate surface area is 128 Å². The summed E-state index contributed by atoms with van der Waals surface area (Å²) >= 11 is 1.71. The predicted octanol–water partition coefficient (Wildman–Crippen LogP) is 4.33. The first-order valence-electron chi connectivity index (χ1n) is 6.91. The van der Waals surface area contributed by atoms with Crippen molar-refractivity contribution in [1.82, 2.24) is 5.32 Å². The van der Waals surface area contributed by atoms with Crippen molar-refractivity contribution < 1.29 is 5.11 Å². The maximum atomic E-state index is 9.47. The van der Waals surface area contributed by atoms with Gasteiger partial charge in [-0.2, -0.15) is 11.3 Å². The van der Waals surface area contributed by atoms with E-state index in [2.05, 4.69) is 46.4 Å². The molecule has 0 saturated carbocycles. The summed E-state index contributed by atoms with van der Waals surface area (Å²) in [5, 5.41) is 17.3. The van der Waals surface area contributed by atoms with Crippen molar-refractivity contribution in [2.45, 2.75) is 12.6 Å². The van der Waals surface area contributed by atoms with Gasteiger partial charge in [0.2, 0.25) is 0 Å². The maximum absolute atomic E-state index is 9.47. The Bertz CT molecular complexity index is 662. The highest BCUT2D eigenvalue weighted by Gasteiger charge is 2.13. The van der Waals surface area contributed by atoms with Crippen LogP contribution < -0.4 is 5.32 Å². The molecule has 0 aliphatic carbocycles. The lowest BCUT2D eigenvalue weighted by Crippen LogP contribution is -2.21. The highest BCUT2D eigenvalue weighted by molar-refractivity contribution is 7.07. The average Bonchev–Trinajstić information content (AvgIpc) is 3.04. The first-order valence-corrected chi connectivity index (χ1v) is 7.85. The second-order valence-electron chi connectivity index (χ2n) is 4.95. The SMILES string of the molecule is Oc1ccc(C(NCc2ccsc2)c2ccccc2)cc1. The third kappa shape index (κ3) is 3.51. The van der Waals surface area contributed by atoms with Gasteiger partial charge in [-0.25, -0.2) is 0 Å². The number of hydrogen-bond acceptors (Lipinski definition) is 3. The third-order valence-corrected chi connectivity index (χ3v) is 4.18. The first kappa shape index (κ1) is 13.9. The van der Waals surface area contributed by atoms with E-state index in [0.717, 1.165) is 12.1 Å². The van der Waals surface area contributed by atoms with Crippen molar-refractivity contribution in [3.05, 3.63) is 88.1 Å². The van der Waals surface area contributed by atoms with Crippen LogP contribution in [0.25, 0.3) is 0 Å². The van der Waals surface area contributed by atoms with Gasteiger partial charge in [0, 0.05) is 6.54 Å². The second kappa shape index (κ2) is 6.57. The van der Waals surface area contributed by atoms with Crippen molar-refractivity contribution in [2.24, 2.45) is 0 Å². The normalized spacial score (nSPS) is 12.2. The van der Waals surface area contributed by atoms with E-state index >= 15 is 0 Å². The lowest BCUT2D eigenvalue weighted by Gasteiger charge is -2.19. The molecule has 106 valence electrons. The van der Waals surface area contributed by atoms with E-state index in [4.69, 9.17) is 0 Å². The Balaban J connectivity index is 1.85. The van der Waals surface area contributed by atoms with Gasteiger partial charge in [0.25, 0.3) is 0 Å². The number of phenolic OH excluding ortho intramolecular Hbond substituents is 1. The zero-order valence-corrected chi connectivity index (χ0v) is 12.4. The molecule has 2 nitrogen and oxygen atoms in total. The quantitative estimate of drug-likeness (QED) is 0.734. The Morgan fingerprint density at radius 1 is 0.905 bits per heavy atom. The van der Waals surface area contributed by atoms with E-state index < -0.39 is 0 Å². The summed E-state index contributed by atoms with van der Waals surface area (Å²) in [5.74, 6) is 0.295. The Kier molecular flexibility index (Phi) is 4.34. The number of benzene rings is 2. The molecule has 2 aromatic carbocycles. The van der Waals surface area contributed by atoms with Gasteiger partial charge >= 0.3 is 0 Å². The summed E-state index contributed by atoms with van der Waals surface area (Å²) in [6.07, 6.45) is 0. The molecule has 0 radical (unpaired) electrons. The zero-order valence-electron chi connectivity index (χ0n) is 11.6. The van der Waals surface area contributed by atoms with E-state index in [9.17, 15) is 5.11 Å². The zero-order chi connectivity index (χ0) is 14.5. The molecule has 0 aliphatic rings. The Morgan fingerprint density at radius 2 is 1.62 bits per heavy atom. The maximum Gasteiger partial charge on any atom is 0.115 e. The first-order chi connectivity index (χ1) is 10.3. The van der Waals surface area contributed by atoms with E-state index in [0.29, 0.717) is 5.75 Å². The van der Waals surface area contributed by atoms with Crippen LogP contribution in [0.3, 0.4) is 0 Å². The number of phenols is 1. The third-order valence-electron chi connectivity index (χ3n) is 3.45. The number of aromatic hydroxyl groups is 1. The van der Waals surface area contributed by atoms with Crippen LogP contribution in [-0.4, -0.2) is 5.11 Å². The van der Waals surface area contributed by atoms with Crippen LogP contribution in [0, 0.1) is 0 Å². The molecule has 3 aromatic rings. The highest BCUT2D eigenvalue weighted by Crippen LogP contribution is 2.24. The van der Waals surface area contributed by atoms with E-state index in [1.807, 2.05) is 18.2 Å². The van der Waals surface area contributed by atoms with Gasteiger partial charge in [0.05, 0.1) is 6.04 Å². The van der Waals surface area contributed by atoms with E-state index in [1.165, 1.54) is 11.1 Å². The predicted molar refractivity (Wildman–Crippen MR) is 87.6 cm³/mol. The molecule has 0 spiro atoms. The molecular weight excluding hydrogens is 278 g/mol. The van der Waals surface area contributed by atoms with Gasteiger partial charge < -0.3 is 10.4 Å². The highest BCUT2D eigenvalue weighted by atomic mass is 32.1. The fourth-order valence-electron chi connectivity index (χ4n) is 2.35. The van der Waals surface area contributed by atoms with Crippen LogP contribution >= 0.6 is 11.3 Å². The van der Waals surface area contributed by atoms with Crippen molar-refractivity contribution in [1.29, 1.82) is 0 Å². The van der Waals surface area contributed by atoms with Gasteiger partial charge in [0.15, 0.2) is 0 Å². The van der Waals surface area contributed by atoms with Gasteiger partial charge in [-0.15, -0.1) is 0 Å². The number of rotatable bonds is 5. The average molecular weight is 295 g/mol. The second-order valence-corrected chi connectivity index (χ2v) is 5.73. The van der Waals surface area contributed by atoms with Crippen molar-refractivity contribution in [2.75, 3.05) is 0 Å². The number of hydrogen-bond donors (Lipinski definition) is 2. The smallest absolute Gasteiger partial charge is 0.115 e. The standard InChI is InChI=1S/C18H17NOS/c20-17-8-6-16(7-9-17)18(15-4-2-1-3-5-15)19-12-14-10-11-21-13-14/h1-11,13,18-20H,12H2. The molecule has 0 saturated heterocycles. The lowest BCUT2D eigenvalue weighted by molar-refractivity contribution is 0.474. The Hall–Kier alpha value is -2.10. The van der Waals surface area contributed by atoms with Crippen LogP contribution in [-0.2, 0) is 6.54 Å². The summed E-state index contributed by atoms with van der Waals surface area (Å²) in [6, 6.07) is 20.0. The minimum Gasteiger partial charge on any atom is -0.508 e. The summed E-state index contributed by atoms with van der Waals surface area (Å²) in [5.41, 5.74) is 3.66. The van der Waals surface area contributed by atoms with Crippen molar-refractivity contribution in [3.8, 4) is 5.75 Å². The van der Waals surface area contributed by atoms with Crippen LogP contribution in [0.5, 0.6) is 5.75 Å². The minimum absolute atomic E-state index is 0.117. The summed E-state index contributed by atoms with van der Waals surface area (Å²) in [6.45, 7) is 0.823. The fourth-order valence-corrected chi connectivity index (χ4v) is 3.02. The van der Waals surface area contributed by atoms with Gasteiger partial charge in [-0.1, -0.05) is 42.5 Å². The molecule has 0 bridgehead atoms. The molecular formula is C18H17NOS. The van der Waals surface area contributed by atoms with Gasteiger partial charge in [0.1, 0.15) is 5.75 Å². The minimum atomic E-state index is 0.117. The van der Waals surface area contributed by atoms with E-state index in [-0.39, 0.29) is 6.04 Å². The summed E-state index contributed by atoms with van der Waals surface area (Å²) < 4.78 is 0. The molecule has 3 rings (SSSR count). The molecule has 1 unspecified atom stereocenters. The van der Waals surface area contributed by atoms with Gasteiger partial charge in [-0.3, -0.25) is 0 Å². The number of thiophene rings is 1. The van der Waals surface area contributed by atoms with Crippen LogP contribution in [0.15, 0.2) is 71.4 Å². The Morgan fingerprint density at radius 3 is 2.29 bits per heavy atom. The molecule has 0 aliphatic heterocycles. The molecule has 0 fully saturated rings. The van der Waals surface area contributed by atoms with Crippen molar-refractivity contribution in [3.63, 3.8) is 0 Å². The van der Waals surface area contributed by atoms with Crippen LogP contribution in [0.4, 0.5) is 0 Å². The van der Waals surface area contributed by atoms with E-state index in [1.54, 1.807) is 23.5 Å². The topological polar surface area (TPSA) is 32.3 Å². The fraction of sp³-hybridized carbons (Fsp3) is 0.111. The monoisotopic (exact) mass is 295 g/mol. The molecule has 3 heteroatoms. The molecule has 2 N–H and O–H groups in total. The van der Waals surface area contributed by atoms with Crippen molar-refractivity contribution >= 4 is 11.3 Å². The molecule has 1 aromatic heterocycles. The van der Waals surface area contributed by atoms with Crippen LogP contribution in [0.1, 0.15) is 22.7 Å². The molecule has 0 amide bonds. The molecule has 21 heavy (non-hydrogen) atoms. The molecule has 1 atom stereocenters. The summed E-state index contributed by atoms with van der Waals surface area (Å²) in [4.78, 5) is 0. The lowest BCUT2D eigenvalue weighted by atomic mass is 9.98. The number of nitrogens with one attached hydrogen (secondary N) is 1.